The van der Waals surface area contributed by atoms with Gasteiger partial charge in [0.05, 0.1) is 12.7 Å². The summed E-state index contributed by atoms with van der Waals surface area (Å²) < 4.78 is 9.44. The van der Waals surface area contributed by atoms with E-state index in [0.29, 0.717) is 6.54 Å². The average molecular weight is 430 g/mol. The molecule has 0 saturated carbocycles. The number of rotatable bonds is 4. The standard InChI is InChI=1S/C25H27N5O2/c1-17-15-22(18(2)30(17)20-9-11-21(32-3)12-10-20)25(31)28-13-6-7-19(16-28)24-27-26-23-8-4-5-14-29(23)24/h4-5,8-12,14-15,19H,6-7,13,16H2,1-3H3. The number of methoxy groups -OCH3 is 1. The SMILES string of the molecule is COc1ccc(-n2c(C)cc(C(=O)N3CCCC(c4nnc5ccccn45)C3)c2C)cc1. The second-order valence-electron chi connectivity index (χ2n) is 8.40. The van der Waals surface area contributed by atoms with Crippen molar-refractivity contribution in [1.82, 2.24) is 24.1 Å². The van der Waals surface area contributed by atoms with E-state index in [4.69, 9.17) is 4.74 Å². The molecule has 0 spiro atoms. The summed E-state index contributed by atoms with van der Waals surface area (Å²) in [7, 11) is 1.66. The van der Waals surface area contributed by atoms with Crippen LogP contribution < -0.4 is 4.74 Å². The average Bonchev–Trinajstić information content (AvgIpc) is 3.39. The van der Waals surface area contributed by atoms with E-state index in [-0.39, 0.29) is 11.8 Å². The number of pyridine rings is 1. The molecule has 4 aromatic rings. The van der Waals surface area contributed by atoms with E-state index in [1.807, 2.05) is 77.9 Å². The molecule has 7 heteroatoms. The molecule has 1 atom stereocenters. The lowest BCUT2D eigenvalue weighted by Gasteiger charge is -2.32. The first-order valence-electron chi connectivity index (χ1n) is 11.0. The van der Waals surface area contributed by atoms with Crippen LogP contribution in [0.25, 0.3) is 11.3 Å². The van der Waals surface area contributed by atoms with Crippen LogP contribution in [-0.2, 0) is 0 Å². The Labute approximate surface area is 187 Å². The maximum atomic E-state index is 13.5. The van der Waals surface area contributed by atoms with Crippen molar-refractivity contribution in [2.24, 2.45) is 0 Å². The summed E-state index contributed by atoms with van der Waals surface area (Å²) in [6, 6.07) is 15.8. The second kappa shape index (κ2) is 8.15. The number of aryl methyl sites for hydroxylation is 1. The molecule has 1 fully saturated rings. The molecule has 0 bridgehead atoms. The Kier molecular flexibility index (Phi) is 5.17. The van der Waals surface area contributed by atoms with Crippen LogP contribution in [-0.4, -0.2) is 50.2 Å². The number of amides is 1. The third-order valence-corrected chi connectivity index (χ3v) is 6.41. The van der Waals surface area contributed by atoms with Crippen molar-refractivity contribution in [3.8, 4) is 11.4 Å². The fraction of sp³-hybridized carbons (Fsp3) is 0.320. The van der Waals surface area contributed by atoms with Crippen molar-refractivity contribution < 1.29 is 9.53 Å². The van der Waals surface area contributed by atoms with Crippen molar-refractivity contribution in [3.05, 3.63) is 77.5 Å². The summed E-state index contributed by atoms with van der Waals surface area (Å²) in [5, 5.41) is 8.73. The highest BCUT2D eigenvalue weighted by atomic mass is 16.5. The number of benzene rings is 1. The van der Waals surface area contributed by atoms with Gasteiger partial charge < -0.3 is 14.2 Å². The lowest BCUT2D eigenvalue weighted by atomic mass is 9.96. The van der Waals surface area contributed by atoms with Crippen molar-refractivity contribution in [3.63, 3.8) is 0 Å². The third-order valence-electron chi connectivity index (χ3n) is 6.41. The van der Waals surface area contributed by atoms with Gasteiger partial charge in [0.1, 0.15) is 11.6 Å². The number of nitrogens with zero attached hydrogens (tertiary/aromatic N) is 5. The largest absolute Gasteiger partial charge is 0.497 e. The number of hydrogen-bond donors (Lipinski definition) is 0. The van der Waals surface area contributed by atoms with Gasteiger partial charge in [0.15, 0.2) is 5.65 Å². The minimum Gasteiger partial charge on any atom is -0.497 e. The quantitative estimate of drug-likeness (QED) is 0.489. The van der Waals surface area contributed by atoms with E-state index in [1.165, 1.54) is 0 Å². The number of aromatic nitrogens is 4. The van der Waals surface area contributed by atoms with Gasteiger partial charge in [-0.25, -0.2) is 0 Å². The number of likely N-dealkylation sites (tertiary alicyclic amines) is 1. The molecule has 1 unspecified atom stereocenters. The highest BCUT2D eigenvalue weighted by molar-refractivity contribution is 5.96. The molecule has 1 saturated heterocycles. The summed E-state index contributed by atoms with van der Waals surface area (Å²) in [4.78, 5) is 15.5. The minimum atomic E-state index is 0.0800. The van der Waals surface area contributed by atoms with Crippen LogP contribution in [0.1, 0.15) is 46.3 Å². The first kappa shape index (κ1) is 20.3. The molecule has 1 aliphatic rings. The van der Waals surface area contributed by atoms with Crippen molar-refractivity contribution in [2.75, 3.05) is 20.2 Å². The van der Waals surface area contributed by atoms with E-state index >= 15 is 0 Å². The molecular weight excluding hydrogens is 402 g/mol. The zero-order valence-electron chi connectivity index (χ0n) is 18.7. The normalized spacial score (nSPS) is 16.5. The highest BCUT2D eigenvalue weighted by Crippen LogP contribution is 2.29. The Hall–Kier alpha value is -3.61. The second-order valence-corrected chi connectivity index (χ2v) is 8.40. The molecule has 1 aromatic carbocycles. The van der Waals surface area contributed by atoms with Crippen LogP contribution in [0.3, 0.4) is 0 Å². The maximum absolute atomic E-state index is 13.5. The van der Waals surface area contributed by atoms with E-state index < -0.39 is 0 Å². The molecule has 5 rings (SSSR count). The fourth-order valence-electron chi connectivity index (χ4n) is 4.79. The topological polar surface area (TPSA) is 64.7 Å². The summed E-state index contributed by atoms with van der Waals surface area (Å²) in [6.45, 7) is 5.46. The van der Waals surface area contributed by atoms with Gasteiger partial charge in [-0.15, -0.1) is 10.2 Å². The molecule has 164 valence electrons. The van der Waals surface area contributed by atoms with Crippen LogP contribution in [0.15, 0.2) is 54.7 Å². The van der Waals surface area contributed by atoms with Crippen LogP contribution >= 0.6 is 0 Å². The minimum absolute atomic E-state index is 0.0800. The Morgan fingerprint density at radius 3 is 2.69 bits per heavy atom. The van der Waals surface area contributed by atoms with Crippen LogP contribution in [0.5, 0.6) is 5.75 Å². The van der Waals surface area contributed by atoms with E-state index in [1.54, 1.807) is 7.11 Å². The predicted octanol–water partition coefficient (Wildman–Crippen LogP) is 4.17. The number of piperidine rings is 1. The van der Waals surface area contributed by atoms with Gasteiger partial charge >= 0.3 is 0 Å². The number of fused-ring (bicyclic) bond motifs is 1. The number of carbonyl (C=O) groups excluding carboxylic acids is 1. The van der Waals surface area contributed by atoms with Crippen molar-refractivity contribution in [2.45, 2.75) is 32.6 Å². The zero-order chi connectivity index (χ0) is 22.2. The highest BCUT2D eigenvalue weighted by Gasteiger charge is 2.30. The molecule has 32 heavy (non-hydrogen) atoms. The van der Waals surface area contributed by atoms with Gasteiger partial charge in [-0.2, -0.15) is 0 Å². The predicted molar refractivity (Wildman–Crippen MR) is 123 cm³/mol. The first-order chi connectivity index (χ1) is 15.6. The van der Waals surface area contributed by atoms with Crippen molar-refractivity contribution >= 4 is 11.6 Å². The van der Waals surface area contributed by atoms with Crippen LogP contribution in [0.2, 0.25) is 0 Å². The fourth-order valence-corrected chi connectivity index (χ4v) is 4.79. The van der Waals surface area contributed by atoms with Gasteiger partial charge in [-0.1, -0.05) is 6.07 Å². The third kappa shape index (κ3) is 3.43. The first-order valence-corrected chi connectivity index (χ1v) is 11.0. The number of carbonyl (C=O) groups is 1. The Bertz CT molecular complexity index is 1270. The van der Waals surface area contributed by atoms with E-state index in [0.717, 1.165) is 59.2 Å². The molecule has 0 N–H and O–H groups in total. The van der Waals surface area contributed by atoms with Gasteiger partial charge in [0.25, 0.3) is 5.91 Å². The summed E-state index contributed by atoms with van der Waals surface area (Å²) in [6.07, 6.45) is 3.95. The van der Waals surface area contributed by atoms with E-state index in [2.05, 4.69) is 14.8 Å². The number of ether oxygens (including phenoxy) is 1. The monoisotopic (exact) mass is 429 g/mol. The molecule has 7 nitrogen and oxygen atoms in total. The number of hydrogen-bond acceptors (Lipinski definition) is 4. The Morgan fingerprint density at radius 1 is 1.09 bits per heavy atom. The van der Waals surface area contributed by atoms with E-state index in [9.17, 15) is 4.79 Å². The molecule has 0 radical (unpaired) electrons. The van der Waals surface area contributed by atoms with Crippen molar-refractivity contribution in [1.29, 1.82) is 0 Å². The van der Waals surface area contributed by atoms with Gasteiger partial charge in [0, 0.05) is 42.3 Å². The van der Waals surface area contributed by atoms with Crippen LogP contribution in [0, 0.1) is 13.8 Å². The smallest absolute Gasteiger partial charge is 0.255 e. The molecule has 4 heterocycles. The van der Waals surface area contributed by atoms with Crippen LogP contribution in [0.4, 0.5) is 0 Å². The van der Waals surface area contributed by atoms with Gasteiger partial charge in [-0.05, 0) is 69.2 Å². The Balaban J connectivity index is 1.41. The zero-order valence-corrected chi connectivity index (χ0v) is 18.7. The lowest BCUT2D eigenvalue weighted by Crippen LogP contribution is -2.39. The molecule has 3 aromatic heterocycles. The molecular formula is C25H27N5O2. The van der Waals surface area contributed by atoms with Gasteiger partial charge in [0.2, 0.25) is 0 Å². The lowest BCUT2D eigenvalue weighted by molar-refractivity contribution is 0.0703. The molecule has 0 aliphatic carbocycles. The molecule has 1 amide bonds. The van der Waals surface area contributed by atoms with Gasteiger partial charge in [-0.3, -0.25) is 9.20 Å². The summed E-state index contributed by atoms with van der Waals surface area (Å²) in [5.74, 6) is 2.00. The molecule has 1 aliphatic heterocycles. The maximum Gasteiger partial charge on any atom is 0.255 e. The summed E-state index contributed by atoms with van der Waals surface area (Å²) in [5.41, 5.74) is 4.60. The summed E-state index contributed by atoms with van der Waals surface area (Å²) >= 11 is 0. The Morgan fingerprint density at radius 2 is 1.91 bits per heavy atom.